The van der Waals surface area contributed by atoms with Gasteiger partial charge in [0.15, 0.2) is 0 Å². The molecule has 0 aliphatic rings. The van der Waals surface area contributed by atoms with Crippen molar-refractivity contribution in [2.45, 2.75) is 33.6 Å². The van der Waals surface area contributed by atoms with E-state index in [4.69, 9.17) is 0 Å². The van der Waals surface area contributed by atoms with Crippen LogP contribution in [0.25, 0.3) is 6.08 Å². The fraction of sp³-hybridized carbons (Fsp3) is 0.385. The lowest BCUT2D eigenvalue weighted by Crippen LogP contribution is -1.93. The summed E-state index contributed by atoms with van der Waals surface area (Å²) in [6.45, 7) is 8.71. The minimum absolute atomic E-state index is 0.603. The third-order valence-corrected chi connectivity index (χ3v) is 2.31. The zero-order chi connectivity index (χ0) is 9.84. The van der Waals surface area contributed by atoms with Crippen molar-refractivity contribution in [3.05, 3.63) is 41.0 Å². The molecule has 70 valence electrons. The number of rotatable bonds is 2. The van der Waals surface area contributed by atoms with Gasteiger partial charge in [0, 0.05) is 0 Å². The number of hydrogen-bond acceptors (Lipinski definition) is 0. The zero-order valence-electron chi connectivity index (χ0n) is 8.96. The van der Waals surface area contributed by atoms with Crippen molar-refractivity contribution >= 4 is 6.08 Å². The van der Waals surface area contributed by atoms with Gasteiger partial charge in [0.2, 0.25) is 0 Å². The largest absolute Gasteiger partial charge is 0.0870 e. The average molecular weight is 174 g/mol. The van der Waals surface area contributed by atoms with Crippen LogP contribution in [0.2, 0.25) is 0 Å². The molecule has 0 spiro atoms. The molecular formula is C13H18. The van der Waals surface area contributed by atoms with Gasteiger partial charge in [-0.25, -0.2) is 0 Å². The molecule has 0 radical (unpaired) electrons. The summed E-state index contributed by atoms with van der Waals surface area (Å²) in [6, 6.07) is 6.52. The van der Waals surface area contributed by atoms with E-state index in [2.05, 4.69) is 58.0 Å². The second-order valence-electron chi connectivity index (χ2n) is 3.73. The summed E-state index contributed by atoms with van der Waals surface area (Å²) in [5, 5.41) is 0. The Labute approximate surface area is 81.3 Å². The normalized spacial score (nSPS) is 11.5. The van der Waals surface area contributed by atoms with Crippen LogP contribution in [-0.2, 0) is 0 Å². The lowest BCUT2D eigenvalue weighted by Gasteiger charge is -2.11. The molecule has 1 aromatic carbocycles. The Kier molecular flexibility index (Phi) is 3.30. The van der Waals surface area contributed by atoms with Crippen LogP contribution in [0.3, 0.4) is 0 Å². The van der Waals surface area contributed by atoms with Gasteiger partial charge >= 0.3 is 0 Å². The molecular weight excluding hydrogens is 156 g/mol. The molecule has 0 unspecified atom stereocenters. The third-order valence-electron chi connectivity index (χ3n) is 2.31. The minimum atomic E-state index is 0.603. The van der Waals surface area contributed by atoms with Crippen LogP contribution >= 0.6 is 0 Å². The number of aryl methyl sites for hydroxylation is 1. The highest BCUT2D eigenvalue weighted by atomic mass is 14.1. The van der Waals surface area contributed by atoms with Crippen molar-refractivity contribution in [1.82, 2.24) is 0 Å². The summed E-state index contributed by atoms with van der Waals surface area (Å²) in [5.41, 5.74) is 4.20. The van der Waals surface area contributed by atoms with Crippen LogP contribution in [0.5, 0.6) is 0 Å². The lowest BCUT2D eigenvalue weighted by molar-refractivity contribution is 0.862. The Balaban J connectivity index is 3.25. The maximum atomic E-state index is 2.24. The van der Waals surface area contributed by atoms with Gasteiger partial charge in [-0.05, 0) is 36.5 Å². The van der Waals surface area contributed by atoms with Crippen LogP contribution in [0, 0.1) is 6.92 Å². The molecule has 0 atom stereocenters. The quantitative estimate of drug-likeness (QED) is 0.631. The summed E-state index contributed by atoms with van der Waals surface area (Å²) in [5.74, 6) is 0.603. The van der Waals surface area contributed by atoms with E-state index in [9.17, 15) is 0 Å². The van der Waals surface area contributed by atoms with Gasteiger partial charge in [-0.15, -0.1) is 0 Å². The molecule has 0 bridgehead atoms. The van der Waals surface area contributed by atoms with Gasteiger partial charge in [-0.2, -0.15) is 0 Å². The summed E-state index contributed by atoms with van der Waals surface area (Å²) in [4.78, 5) is 0. The fourth-order valence-corrected chi connectivity index (χ4v) is 1.60. The summed E-state index contributed by atoms with van der Waals surface area (Å²) < 4.78 is 0. The van der Waals surface area contributed by atoms with E-state index in [1.807, 2.05) is 0 Å². The molecule has 0 aliphatic carbocycles. The van der Waals surface area contributed by atoms with E-state index >= 15 is 0 Å². The van der Waals surface area contributed by atoms with Crippen LogP contribution in [0.1, 0.15) is 43.4 Å². The second kappa shape index (κ2) is 4.27. The number of allylic oxidation sites excluding steroid dienone is 1. The van der Waals surface area contributed by atoms with Crippen molar-refractivity contribution in [1.29, 1.82) is 0 Å². The van der Waals surface area contributed by atoms with E-state index in [1.54, 1.807) is 0 Å². The standard InChI is InChI=1S/C13H18/c1-5-7-13-11(4)8-6-9-12(13)10(2)3/h5-10H,1-4H3/b7-5+. The molecule has 0 N–H and O–H groups in total. The molecule has 0 fully saturated rings. The highest BCUT2D eigenvalue weighted by molar-refractivity contribution is 5.58. The Bertz CT molecular complexity index is 306. The molecule has 0 amide bonds. The Hall–Kier alpha value is -1.04. The van der Waals surface area contributed by atoms with Crippen molar-refractivity contribution in [3.8, 4) is 0 Å². The molecule has 0 heteroatoms. The Morgan fingerprint density at radius 1 is 1.23 bits per heavy atom. The highest BCUT2D eigenvalue weighted by Gasteiger charge is 2.05. The minimum Gasteiger partial charge on any atom is -0.0870 e. The van der Waals surface area contributed by atoms with Crippen LogP contribution in [-0.4, -0.2) is 0 Å². The summed E-state index contributed by atoms with van der Waals surface area (Å²) in [7, 11) is 0. The molecule has 0 aliphatic heterocycles. The van der Waals surface area contributed by atoms with E-state index in [0.29, 0.717) is 5.92 Å². The smallest absolute Gasteiger partial charge is 0.0196 e. The van der Waals surface area contributed by atoms with Crippen LogP contribution < -0.4 is 0 Å². The number of benzene rings is 1. The molecule has 0 nitrogen and oxygen atoms in total. The zero-order valence-corrected chi connectivity index (χ0v) is 8.96. The van der Waals surface area contributed by atoms with Crippen molar-refractivity contribution in [3.63, 3.8) is 0 Å². The molecule has 0 saturated carbocycles. The SMILES string of the molecule is C/C=C/c1c(C)cccc1C(C)C. The van der Waals surface area contributed by atoms with E-state index in [0.717, 1.165) is 0 Å². The summed E-state index contributed by atoms with van der Waals surface area (Å²) >= 11 is 0. The van der Waals surface area contributed by atoms with Crippen molar-refractivity contribution < 1.29 is 0 Å². The van der Waals surface area contributed by atoms with E-state index in [-0.39, 0.29) is 0 Å². The highest BCUT2D eigenvalue weighted by Crippen LogP contribution is 2.23. The van der Waals surface area contributed by atoms with Gasteiger partial charge in [-0.1, -0.05) is 44.2 Å². The van der Waals surface area contributed by atoms with E-state index in [1.165, 1.54) is 16.7 Å². The molecule has 0 saturated heterocycles. The van der Waals surface area contributed by atoms with Crippen molar-refractivity contribution in [2.24, 2.45) is 0 Å². The van der Waals surface area contributed by atoms with Crippen molar-refractivity contribution in [2.75, 3.05) is 0 Å². The Morgan fingerprint density at radius 2 is 1.92 bits per heavy atom. The van der Waals surface area contributed by atoms with Gasteiger partial charge in [-0.3, -0.25) is 0 Å². The molecule has 1 rings (SSSR count). The predicted molar refractivity (Wildman–Crippen MR) is 60.0 cm³/mol. The third kappa shape index (κ3) is 2.21. The molecule has 13 heavy (non-hydrogen) atoms. The Morgan fingerprint density at radius 3 is 2.46 bits per heavy atom. The van der Waals surface area contributed by atoms with Gasteiger partial charge in [0.05, 0.1) is 0 Å². The second-order valence-corrected chi connectivity index (χ2v) is 3.73. The van der Waals surface area contributed by atoms with Gasteiger partial charge in [0.1, 0.15) is 0 Å². The van der Waals surface area contributed by atoms with Gasteiger partial charge < -0.3 is 0 Å². The summed E-state index contributed by atoms with van der Waals surface area (Å²) in [6.07, 6.45) is 4.30. The van der Waals surface area contributed by atoms with E-state index < -0.39 is 0 Å². The molecule has 0 heterocycles. The predicted octanol–water partition coefficient (Wildman–Crippen LogP) is 4.15. The lowest BCUT2D eigenvalue weighted by atomic mass is 9.94. The first-order valence-electron chi connectivity index (χ1n) is 4.89. The number of hydrogen-bond donors (Lipinski definition) is 0. The fourth-order valence-electron chi connectivity index (χ4n) is 1.60. The maximum absolute atomic E-state index is 2.24. The van der Waals surface area contributed by atoms with Gasteiger partial charge in [0.25, 0.3) is 0 Å². The molecule has 1 aromatic rings. The first kappa shape index (κ1) is 10.0. The molecule has 0 aromatic heterocycles. The topological polar surface area (TPSA) is 0 Å². The maximum Gasteiger partial charge on any atom is -0.0196 e. The first-order chi connectivity index (χ1) is 6.16. The first-order valence-corrected chi connectivity index (χ1v) is 4.89. The van der Waals surface area contributed by atoms with Crippen LogP contribution in [0.15, 0.2) is 24.3 Å². The monoisotopic (exact) mass is 174 g/mol. The van der Waals surface area contributed by atoms with Crippen LogP contribution in [0.4, 0.5) is 0 Å². The average Bonchev–Trinajstić information content (AvgIpc) is 2.08.